The van der Waals surface area contributed by atoms with Crippen LogP contribution in [0.3, 0.4) is 0 Å². The van der Waals surface area contributed by atoms with E-state index in [1.54, 1.807) is 0 Å². The van der Waals surface area contributed by atoms with E-state index in [4.69, 9.17) is 11.6 Å². The van der Waals surface area contributed by atoms with Crippen LogP contribution in [0.25, 0.3) is 0 Å². The first-order valence-corrected chi connectivity index (χ1v) is 6.85. The van der Waals surface area contributed by atoms with Crippen LogP contribution >= 0.6 is 27.5 Å². The van der Waals surface area contributed by atoms with Gasteiger partial charge in [0.05, 0.1) is 4.92 Å². The van der Waals surface area contributed by atoms with Crippen molar-refractivity contribution in [3.05, 3.63) is 38.9 Å². The molecular weight excluding hydrogens is 336 g/mol. The van der Waals surface area contributed by atoms with Crippen LogP contribution in [0.2, 0.25) is 5.02 Å². The summed E-state index contributed by atoms with van der Waals surface area (Å²) in [4.78, 5) is 22.5. The number of hydrogen-bond acceptors (Lipinski definition) is 3. The molecule has 1 atom stereocenters. The zero-order valence-electron chi connectivity index (χ0n) is 10.7. The van der Waals surface area contributed by atoms with Crippen LogP contribution < -0.4 is 5.32 Å². The second-order valence-corrected chi connectivity index (χ2v) is 6.52. The van der Waals surface area contributed by atoms with Crippen LogP contribution in [-0.4, -0.2) is 21.2 Å². The molecule has 1 unspecified atom stereocenters. The largest absolute Gasteiger partial charge is 0.346 e. The van der Waals surface area contributed by atoms with Gasteiger partial charge in [-0.25, -0.2) is 0 Å². The minimum absolute atomic E-state index is 0.00203. The SMILES string of the molecule is CC(Br)C(C)(C)NC(=O)c1cc(Cl)ccc1[N+](=O)[O-]. The number of carbonyl (C=O) groups excluding carboxylic acids is 1. The predicted octanol–water partition coefficient (Wildman–Crippen LogP) is 3.54. The summed E-state index contributed by atoms with van der Waals surface area (Å²) in [7, 11) is 0. The molecule has 0 heterocycles. The van der Waals surface area contributed by atoms with Crippen molar-refractivity contribution in [2.75, 3.05) is 0 Å². The van der Waals surface area contributed by atoms with E-state index in [2.05, 4.69) is 21.2 Å². The highest BCUT2D eigenvalue weighted by Crippen LogP contribution is 2.24. The molecule has 1 rings (SSSR count). The van der Waals surface area contributed by atoms with Crippen molar-refractivity contribution in [1.82, 2.24) is 5.32 Å². The first-order chi connectivity index (χ1) is 8.65. The highest BCUT2D eigenvalue weighted by atomic mass is 79.9. The highest BCUT2D eigenvalue weighted by Gasteiger charge is 2.29. The summed E-state index contributed by atoms with van der Waals surface area (Å²) in [6.07, 6.45) is 0. The summed E-state index contributed by atoms with van der Waals surface area (Å²) in [5, 5.41) is 13.9. The topological polar surface area (TPSA) is 72.2 Å². The molecule has 0 fully saturated rings. The van der Waals surface area contributed by atoms with Crippen molar-refractivity contribution < 1.29 is 9.72 Å². The lowest BCUT2D eigenvalue weighted by Gasteiger charge is -2.29. The van der Waals surface area contributed by atoms with Crippen LogP contribution in [0.4, 0.5) is 5.69 Å². The molecule has 0 aliphatic carbocycles. The van der Waals surface area contributed by atoms with Gasteiger partial charge in [-0.05, 0) is 26.0 Å². The summed E-state index contributed by atoms with van der Waals surface area (Å²) < 4.78 is 0. The third-order valence-corrected chi connectivity index (χ3v) is 4.21. The van der Waals surface area contributed by atoms with Crippen LogP contribution in [0.5, 0.6) is 0 Å². The summed E-state index contributed by atoms with van der Waals surface area (Å²) >= 11 is 9.17. The molecule has 0 bridgehead atoms. The normalized spacial score (nSPS) is 12.9. The summed E-state index contributed by atoms with van der Waals surface area (Å²) in [5.41, 5.74) is -0.855. The molecule has 1 aromatic carbocycles. The fourth-order valence-corrected chi connectivity index (χ4v) is 1.60. The van der Waals surface area contributed by atoms with Crippen molar-refractivity contribution in [3.8, 4) is 0 Å². The van der Waals surface area contributed by atoms with E-state index in [9.17, 15) is 14.9 Å². The second kappa shape index (κ2) is 5.88. The summed E-state index contributed by atoms with van der Waals surface area (Å²) in [5.74, 6) is -0.523. The molecule has 0 aromatic heterocycles. The smallest absolute Gasteiger partial charge is 0.282 e. The number of halogens is 2. The number of nitrogens with zero attached hydrogens (tertiary/aromatic N) is 1. The van der Waals surface area contributed by atoms with E-state index >= 15 is 0 Å². The van der Waals surface area contributed by atoms with Crippen molar-refractivity contribution >= 4 is 39.1 Å². The average Bonchev–Trinajstić information content (AvgIpc) is 2.27. The average molecular weight is 350 g/mol. The minimum Gasteiger partial charge on any atom is -0.346 e. The number of rotatable bonds is 4. The van der Waals surface area contributed by atoms with Gasteiger partial charge in [-0.1, -0.05) is 34.5 Å². The minimum atomic E-state index is -0.601. The van der Waals surface area contributed by atoms with Gasteiger partial charge >= 0.3 is 0 Å². The molecule has 0 aliphatic heterocycles. The van der Waals surface area contributed by atoms with Gasteiger partial charge in [0, 0.05) is 21.5 Å². The maximum Gasteiger partial charge on any atom is 0.282 e. The molecule has 1 N–H and O–H groups in total. The highest BCUT2D eigenvalue weighted by molar-refractivity contribution is 9.09. The third kappa shape index (κ3) is 3.91. The Morgan fingerprint density at radius 3 is 2.58 bits per heavy atom. The van der Waals surface area contributed by atoms with Crippen LogP contribution in [0.15, 0.2) is 18.2 Å². The molecule has 0 saturated carbocycles. The van der Waals surface area contributed by atoms with E-state index < -0.39 is 16.4 Å². The first kappa shape index (κ1) is 15.9. The Labute approximate surface area is 124 Å². The summed E-state index contributed by atoms with van der Waals surface area (Å²) in [6, 6.07) is 3.90. The van der Waals surface area contributed by atoms with Crippen molar-refractivity contribution in [3.63, 3.8) is 0 Å². The Kier molecular flexibility index (Phi) is 4.92. The van der Waals surface area contributed by atoms with Gasteiger partial charge in [0.2, 0.25) is 0 Å². The molecule has 0 saturated heterocycles. The lowest BCUT2D eigenvalue weighted by atomic mass is 10.0. The molecule has 0 radical (unpaired) electrons. The van der Waals surface area contributed by atoms with E-state index in [1.165, 1.54) is 18.2 Å². The monoisotopic (exact) mass is 348 g/mol. The maximum atomic E-state index is 12.1. The number of nitro groups is 1. The zero-order valence-corrected chi connectivity index (χ0v) is 13.1. The quantitative estimate of drug-likeness (QED) is 0.513. The van der Waals surface area contributed by atoms with E-state index in [1.807, 2.05) is 20.8 Å². The standard InChI is InChI=1S/C12H14BrClN2O3/c1-7(13)12(2,3)15-11(17)9-6-8(14)4-5-10(9)16(18)19/h4-7H,1-3H3,(H,15,17). The molecule has 1 amide bonds. The Balaban J connectivity index is 3.13. The van der Waals surface area contributed by atoms with Gasteiger partial charge in [0.25, 0.3) is 11.6 Å². The molecule has 5 nitrogen and oxygen atoms in total. The maximum absolute atomic E-state index is 12.1. The Morgan fingerprint density at radius 1 is 1.53 bits per heavy atom. The number of carbonyl (C=O) groups is 1. The van der Waals surface area contributed by atoms with Gasteiger partial charge in [-0.2, -0.15) is 0 Å². The number of amides is 1. The number of benzene rings is 1. The lowest BCUT2D eigenvalue weighted by molar-refractivity contribution is -0.385. The van der Waals surface area contributed by atoms with Gasteiger partial charge in [-0.15, -0.1) is 0 Å². The Morgan fingerprint density at radius 2 is 2.11 bits per heavy atom. The van der Waals surface area contributed by atoms with Crippen LogP contribution in [0.1, 0.15) is 31.1 Å². The first-order valence-electron chi connectivity index (χ1n) is 5.55. The van der Waals surface area contributed by atoms with E-state index in [-0.39, 0.29) is 21.1 Å². The Bertz CT molecular complexity index is 518. The lowest BCUT2D eigenvalue weighted by Crippen LogP contribution is -2.48. The molecule has 0 aliphatic rings. The fraction of sp³-hybridized carbons (Fsp3) is 0.417. The van der Waals surface area contributed by atoms with Gasteiger partial charge in [0.15, 0.2) is 0 Å². The molecular formula is C12H14BrClN2O3. The van der Waals surface area contributed by atoms with Gasteiger partial charge in [-0.3, -0.25) is 14.9 Å². The van der Waals surface area contributed by atoms with E-state index in [0.29, 0.717) is 0 Å². The third-order valence-electron chi connectivity index (χ3n) is 2.83. The Hall–Kier alpha value is -1.14. The fourth-order valence-electron chi connectivity index (χ4n) is 1.31. The molecule has 7 heteroatoms. The summed E-state index contributed by atoms with van der Waals surface area (Å²) in [6.45, 7) is 5.52. The number of alkyl halides is 1. The van der Waals surface area contributed by atoms with Gasteiger partial charge in [0.1, 0.15) is 5.56 Å². The van der Waals surface area contributed by atoms with Crippen LogP contribution in [0, 0.1) is 10.1 Å². The number of nitrogens with one attached hydrogen (secondary N) is 1. The molecule has 0 spiro atoms. The predicted molar refractivity (Wildman–Crippen MR) is 78.0 cm³/mol. The molecule has 1 aromatic rings. The molecule has 19 heavy (non-hydrogen) atoms. The van der Waals surface area contributed by atoms with Crippen LogP contribution in [-0.2, 0) is 0 Å². The van der Waals surface area contributed by atoms with Crippen molar-refractivity contribution in [1.29, 1.82) is 0 Å². The zero-order chi connectivity index (χ0) is 14.8. The van der Waals surface area contributed by atoms with Crippen molar-refractivity contribution in [2.24, 2.45) is 0 Å². The second-order valence-electron chi connectivity index (χ2n) is 4.71. The number of hydrogen-bond donors (Lipinski definition) is 1. The number of nitro benzene ring substituents is 1. The van der Waals surface area contributed by atoms with Crippen molar-refractivity contribution in [2.45, 2.75) is 31.1 Å². The van der Waals surface area contributed by atoms with E-state index in [0.717, 1.165) is 0 Å². The molecule has 104 valence electrons. The van der Waals surface area contributed by atoms with Gasteiger partial charge < -0.3 is 5.32 Å².